The maximum atomic E-state index is 12.3. The van der Waals surface area contributed by atoms with Gasteiger partial charge in [-0.2, -0.15) is 0 Å². The minimum Gasteiger partial charge on any atom is -0.409 e. The molecule has 1 aromatic carbocycles. The molecule has 0 radical (unpaired) electrons. The van der Waals surface area contributed by atoms with Gasteiger partial charge < -0.3 is 16.3 Å². The first-order valence-corrected chi connectivity index (χ1v) is 6.25. The van der Waals surface area contributed by atoms with Crippen LogP contribution in [0.3, 0.4) is 0 Å². The number of nitrogens with zero attached hydrogens (tertiary/aromatic N) is 1. The Morgan fingerprint density at radius 3 is 2.47 bits per heavy atom. The Labute approximate surface area is 113 Å². The second-order valence-electron chi connectivity index (χ2n) is 5.10. The number of carbonyl (C=O) groups is 1. The van der Waals surface area contributed by atoms with Gasteiger partial charge in [0, 0.05) is 5.54 Å². The largest absolute Gasteiger partial charge is 0.409 e. The zero-order chi connectivity index (χ0) is 14.5. The summed E-state index contributed by atoms with van der Waals surface area (Å²) in [6.45, 7) is 5.85. The van der Waals surface area contributed by atoms with E-state index >= 15 is 0 Å². The van der Waals surface area contributed by atoms with Crippen molar-refractivity contribution < 1.29 is 10.0 Å². The Balaban J connectivity index is 3.03. The lowest BCUT2D eigenvalue weighted by molar-refractivity contribution is -0.122. The topological polar surface area (TPSA) is 87.7 Å². The van der Waals surface area contributed by atoms with Gasteiger partial charge >= 0.3 is 0 Å². The summed E-state index contributed by atoms with van der Waals surface area (Å²) in [6, 6.07) is 9.03. The van der Waals surface area contributed by atoms with Gasteiger partial charge in [-0.25, -0.2) is 0 Å². The van der Waals surface area contributed by atoms with E-state index in [1.54, 1.807) is 12.1 Å². The Hall–Kier alpha value is -2.04. The average molecular weight is 263 g/mol. The fourth-order valence-electron chi connectivity index (χ4n) is 1.65. The van der Waals surface area contributed by atoms with Crippen LogP contribution in [-0.2, 0) is 4.79 Å². The fourth-order valence-corrected chi connectivity index (χ4v) is 1.65. The number of hydrogen-bond donors (Lipinski definition) is 3. The number of amides is 1. The molecular weight excluding hydrogens is 242 g/mol. The summed E-state index contributed by atoms with van der Waals surface area (Å²) in [5, 5.41) is 14.7. The molecular formula is C14H21N3O2. The van der Waals surface area contributed by atoms with E-state index in [-0.39, 0.29) is 17.3 Å². The first kappa shape index (κ1) is 15.0. The van der Waals surface area contributed by atoms with Crippen LogP contribution >= 0.6 is 0 Å². The van der Waals surface area contributed by atoms with Crippen molar-refractivity contribution in [2.75, 3.05) is 0 Å². The summed E-state index contributed by atoms with van der Waals surface area (Å²) in [5.41, 5.74) is 6.01. The molecule has 5 nitrogen and oxygen atoms in total. The van der Waals surface area contributed by atoms with E-state index < -0.39 is 5.92 Å². The van der Waals surface area contributed by atoms with Crippen molar-refractivity contribution in [3.05, 3.63) is 35.9 Å². The number of nitrogens with one attached hydrogen (secondary N) is 1. The van der Waals surface area contributed by atoms with E-state index in [0.717, 1.165) is 6.42 Å². The van der Waals surface area contributed by atoms with Gasteiger partial charge in [0.25, 0.3) is 0 Å². The monoisotopic (exact) mass is 263 g/mol. The molecule has 0 bridgehead atoms. The molecule has 0 fully saturated rings. The van der Waals surface area contributed by atoms with Crippen LogP contribution < -0.4 is 11.1 Å². The van der Waals surface area contributed by atoms with E-state index in [0.29, 0.717) is 5.56 Å². The number of nitrogens with two attached hydrogens (primary N) is 1. The summed E-state index contributed by atoms with van der Waals surface area (Å²) in [5.74, 6) is -1.17. The Morgan fingerprint density at radius 1 is 1.42 bits per heavy atom. The number of oxime groups is 1. The van der Waals surface area contributed by atoms with E-state index in [1.165, 1.54) is 0 Å². The van der Waals surface area contributed by atoms with Crippen LogP contribution in [0, 0.1) is 0 Å². The SMILES string of the molecule is CCC(C)(C)NC(=O)C(C(N)=NO)c1ccccc1. The molecule has 0 spiro atoms. The molecule has 104 valence electrons. The molecule has 1 aromatic rings. The first-order chi connectivity index (χ1) is 8.91. The van der Waals surface area contributed by atoms with Gasteiger partial charge in [-0.15, -0.1) is 0 Å². The molecule has 1 atom stereocenters. The van der Waals surface area contributed by atoms with Crippen molar-refractivity contribution in [1.82, 2.24) is 5.32 Å². The second-order valence-corrected chi connectivity index (χ2v) is 5.10. The first-order valence-electron chi connectivity index (χ1n) is 6.25. The number of amidine groups is 1. The molecule has 4 N–H and O–H groups in total. The molecule has 5 heteroatoms. The molecule has 0 aromatic heterocycles. The minimum atomic E-state index is -0.781. The van der Waals surface area contributed by atoms with Gasteiger partial charge in [0.15, 0.2) is 5.84 Å². The fraction of sp³-hybridized carbons (Fsp3) is 0.429. The minimum absolute atomic E-state index is 0.115. The summed E-state index contributed by atoms with van der Waals surface area (Å²) in [4.78, 5) is 12.3. The van der Waals surface area contributed by atoms with Crippen LogP contribution in [0.25, 0.3) is 0 Å². The predicted molar refractivity (Wildman–Crippen MR) is 75.1 cm³/mol. The van der Waals surface area contributed by atoms with Crippen molar-refractivity contribution in [3.8, 4) is 0 Å². The summed E-state index contributed by atoms with van der Waals surface area (Å²) >= 11 is 0. The molecule has 19 heavy (non-hydrogen) atoms. The maximum Gasteiger partial charge on any atom is 0.235 e. The third-order valence-corrected chi connectivity index (χ3v) is 3.15. The predicted octanol–water partition coefficient (Wildman–Crippen LogP) is 1.82. The lowest BCUT2D eigenvalue weighted by Gasteiger charge is -2.27. The normalized spacial score (nSPS) is 13.9. The maximum absolute atomic E-state index is 12.3. The second kappa shape index (κ2) is 6.22. The summed E-state index contributed by atoms with van der Waals surface area (Å²) in [6.07, 6.45) is 0.788. The highest BCUT2D eigenvalue weighted by Crippen LogP contribution is 2.18. The van der Waals surface area contributed by atoms with Crippen LogP contribution in [0.4, 0.5) is 0 Å². The number of carbonyl (C=O) groups excluding carboxylic acids is 1. The van der Waals surface area contributed by atoms with E-state index in [4.69, 9.17) is 10.9 Å². The highest BCUT2D eigenvalue weighted by molar-refractivity contribution is 6.07. The zero-order valence-electron chi connectivity index (χ0n) is 11.6. The highest BCUT2D eigenvalue weighted by Gasteiger charge is 2.29. The van der Waals surface area contributed by atoms with E-state index in [9.17, 15) is 4.79 Å². The third-order valence-electron chi connectivity index (χ3n) is 3.15. The molecule has 0 aliphatic rings. The number of rotatable bonds is 5. The van der Waals surface area contributed by atoms with E-state index in [1.807, 2.05) is 39.0 Å². The van der Waals surface area contributed by atoms with Crippen molar-refractivity contribution in [2.45, 2.75) is 38.6 Å². The van der Waals surface area contributed by atoms with Gasteiger partial charge in [-0.05, 0) is 25.8 Å². The summed E-state index contributed by atoms with van der Waals surface area (Å²) in [7, 11) is 0. The Bertz CT molecular complexity index is 455. The van der Waals surface area contributed by atoms with Gasteiger partial charge in [0.2, 0.25) is 5.91 Å². The van der Waals surface area contributed by atoms with Crippen LogP contribution in [0.1, 0.15) is 38.7 Å². The smallest absolute Gasteiger partial charge is 0.235 e. The lowest BCUT2D eigenvalue weighted by Crippen LogP contribution is -2.47. The van der Waals surface area contributed by atoms with Gasteiger partial charge in [-0.3, -0.25) is 4.79 Å². The Morgan fingerprint density at radius 2 is 2.00 bits per heavy atom. The molecule has 1 unspecified atom stereocenters. The van der Waals surface area contributed by atoms with Crippen molar-refractivity contribution in [2.24, 2.45) is 10.9 Å². The molecule has 1 amide bonds. The molecule has 0 saturated carbocycles. The average Bonchev–Trinajstić information content (AvgIpc) is 2.39. The standard InChI is InChI=1S/C14H21N3O2/c1-4-14(2,3)16-13(18)11(12(15)17-19)10-8-6-5-7-9-10/h5-9,11,19H,4H2,1-3H3,(H2,15,17)(H,16,18). The number of hydrogen-bond acceptors (Lipinski definition) is 3. The van der Waals surface area contributed by atoms with Crippen molar-refractivity contribution in [3.63, 3.8) is 0 Å². The highest BCUT2D eigenvalue weighted by atomic mass is 16.4. The Kier molecular flexibility index (Phi) is 4.92. The molecule has 0 heterocycles. The van der Waals surface area contributed by atoms with Crippen LogP contribution in [-0.4, -0.2) is 22.5 Å². The van der Waals surface area contributed by atoms with Crippen LogP contribution in [0.15, 0.2) is 35.5 Å². The summed E-state index contributed by atoms with van der Waals surface area (Å²) < 4.78 is 0. The quantitative estimate of drug-likeness (QED) is 0.328. The lowest BCUT2D eigenvalue weighted by atomic mass is 9.94. The van der Waals surface area contributed by atoms with Gasteiger partial charge in [0.1, 0.15) is 5.92 Å². The molecule has 0 aliphatic carbocycles. The zero-order valence-corrected chi connectivity index (χ0v) is 11.6. The van der Waals surface area contributed by atoms with Crippen molar-refractivity contribution in [1.29, 1.82) is 0 Å². The number of benzene rings is 1. The van der Waals surface area contributed by atoms with Gasteiger partial charge in [-0.1, -0.05) is 42.4 Å². The molecule has 1 rings (SSSR count). The van der Waals surface area contributed by atoms with Crippen molar-refractivity contribution >= 4 is 11.7 Å². The van der Waals surface area contributed by atoms with Crippen LogP contribution in [0.5, 0.6) is 0 Å². The molecule has 0 aliphatic heterocycles. The van der Waals surface area contributed by atoms with Gasteiger partial charge in [0.05, 0.1) is 0 Å². The molecule has 0 saturated heterocycles. The van der Waals surface area contributed by atoms with Crippen LogP contribution in [0.2, 0.25) is 0 Å². The van der Waals surface area contributed by atoms with E-state index in [2.05, 4.69) is 10.5 Å². The third kappa shape index (κ3) is 3.98.